The van der Waals surface area contributed by atoms with E-state index in [0.717, 1.165) is 23.1 Å². The van der Waals surface area contributed by atoms with Gasteiger partial charge in [-0.05, 0) is 26.3 Å². The van der Waals surface area contributed by atoms with Crippen LogP contribution in [0, 0.1) is 0 Å². The largest absolute Gasteiger partial charge is 0.390 e. The summed E-state index contributed by atoms with van der Waals surface area (Å²) in [4.78, 5) is 0. The highest BCUT2D eigenvalue weighted by molar-refractivity contribution is 5.82. The van der Waals surface area contributed by atoms with Crippen LogP contribution in [0.3, 0.4) is 0 Å². The molecule has 2 atom stereocenters. The zero-order chi connectivity index (χ0) is 14.0. The third-order valence-electron chi connectivity index (χ3n) is 3.85. The molecule has 0 bridgehead atoms. The van der Waals surface area contributed by atoms with Crippen molar-refractivity contribution in [2.45, 2.75) is 51.9 Å². The van der Waals surface area contributed by atoms with Gasteiger partial charge in [-0.3, -0.25) is 4.68 Å². The molecule has 4 heteroatoms. The summed E-state index contributed by atoms with van der Waals surface area (Å²) in [6, 6.07) is 7.99. The van der Waals surface area contributed by atoms with E-state index in [1.54, 1.807) is 6.92 Å². The Bertz CT molecular complexity index is 560. The molecule has 1 aromatic carbocycles. The average molecular weight is 262 g/mol. The summed E-state index contributed by atoms with van der Waals surface area (Å²) in [6.45, 7) is 6.37. The lowest BCUT2D eigenvalue weighted by Crippen LogP contribution is -2.40. The maximum absolute atomic E-state index is 10.2. The standard InChI is InChI=1S/C15H22N2O2/c1-4-15(3,19)14(18)10-12-11-8-6-7-9-13(11)17(5-2)16-12/h6-9,14,18-19H,4-5,10H2,1-3H3. The fourth-order valence-corrected chi connectivity index (χ4v) is 2.23. The summed E-state index contributed by atoms with van der Waals surface area (Å²) in [5.41, 5.74) is 0.846. The predicted octanol–water partition coefficient (Wildman–Crippen LogP) is 2.12. The molecule has 2 unspecified atom stereocenters. The van der Waals surface area contributed by atoms with E-state index in [9.17, 15) is 10.2 Å². The zero-order valence-corrected chi connectivity index (χ0v) is 11.8. The number of aliphatic hydroxyl groups excluding tert-OH is 1. The topological polar surface area (TPSA) is 58.3 Å². The van der Waals surface area contributed by atoms with Crippen LogP contribution in [0.25, 0.3) is 10.9 Å². The minimum Gasteiger partial charge on any atom is -0.390 e. The van der Waals surface area contributed by atoms with Crippen LogP contribution in [0.1, 0.15) is 32.9 Å². The maximum atomic E-state index is 10.2. The Balaban J connectivity index is 2.36. The minimum absolute atomic E-state index is 0.369. The van der Waals surface area contributed by atoms with Crippen LogP contribution < -0.4 is 0 Å². The molecule has 0 aliphatic rings. The fourth-order valence-electron chi connectivity index (χ4n) is 2.23. The van der Waals surface area contributed by atoms with Crippen LogP contribution in [0.4, 0.5) is 0 Å². The normalized spacial score (nSPS) is 16.5. The van der Waals surface area contributed by atoms with Gasteiger partial charge in [0.05, 0.1) is 22.9 Å². The zero-order valence-electron chi connectivity index (χ0n) is 11.8. The van der Waals surface area contributed by atoms with Crippen LogP contribution in [0.5, 0.6) is 0 Å². The predicted molar refractivity (Wildman–Crippen MR) is 76.0 cm³/mol. The number of fused-ring (bicyclic) bond motifs is 1. The number of benzene rings is 1. The average Bonchev–Trinajstić information content (AvgIpc) is 2.77. The van der Waals surface area contributed by atoms with Crippen LogP contribution in [-0.2, 0) is 13.0 Å². The first kappa shape index (κ1) is 14.0. The number of aryl methyl sites for hydroxylation is 1. The number of hydrogen-bond donors (Lipinski definition) is 2. The Kier molecular flexibility index (Phi) is 3.92. The van der Waals surface area contributed by atoms with Crippen molar-refractivity contribution in [3.8, 4) is 0 Å². The van der Waals surface area contributed by atoms with Crippen molar-refractivity contribution in [1.82, 2.24) is 9.78 Å². The van der Waals surface area contributed by atoms with E-state index in [-0.39, 0.29) is 0 Å². The highest BCUT2D eigenvalue weighted by Gasteiger charge is 2.29. The van der Waals surface area contributed by atoms with E-state index >= 15 is 0 Å². The summed E-state index contributed by atoms with van der Waals surface area (Å²) in [5.74, 6) is 0. The van der Waals surface area contributed by atoms with Gasteiger partial charge in [0.15, 0.2) is 0 Å². The van der Waals surface area contributed by atoms with Crippen molar-refractivity contribution in [3.05, 3.63) is 30.0 Å². The number of para-hydroxylation sites is 1. The number of hydrogen-bond acceptors (Lipinski definition) is 3. The second kappa shape index (κ2) is 5.31. The van der Waals surface area contributed by atoms with Gasteiger partial charge in [0.1, 0.15) is 0 Å². The molecule has 0 saturated heterocycles. The summed E-state index contributed by atoms with van der Waals surface area (Å²) >= 11 is 0. The van der Waals surface area contributed by atoms with Crippen molar-refractivity contribution in [2.24, 2.45) is 0 Å². The summed E-state index contributed by atoms with van der Waals surface area (Å²) < 4.78 is 1.93. The lowest BCUT2D eigenvalue weighted by Gasteiger charge is -2.27. The van der Waals surface area contributed by atoms with E-state index in [2.05, 4.69) is 5.10 Å². The molecule has 0 aliphatic heterocycles. The second-order valence-corrected chi connectivity index (χ2v) is 5.21. The highest BCUT2D eigenvalue weighted by atomic mass is 16.3. The molecule has 0 spiro atoms. The quantitative estimate of drug-likeness (QED) is 0.867. The Hall–Kier alpha value is -1.39. The lowest BCUT2D eigenvalue weighted by molar-refractivity contribution is -0.0632. The SMILES string of the molecule is CCn1nc(CC(O)C(C)(O)CC)c2ccccc21. The monoisotopic (exact) mass is 262 g/mol. The van der Waals surface area contributed by atoms with Gasteiger partial charge in [-0.15, -0.1) is 0 Å². The Morgan fingerprint density at radius 3 is 2.63 bits per heavy atom. The molecular formula is C15H22N2O2. The van der Waals surface area contributed by atoms with Crippen molar-refractivity contribution < 1.29 is 10.2 Å². The smallest absolute Gasteiger partial charge is 0.0880 e. The molecule has 4 nitrogen and oxygen atoms in total. The molecule has 0 fully saturated rings. The van der Waals surface area contributed by atoms with Crippen LogP contribution >= 0.6 is 0 Å². The Morgan fingerprint density at radius 1 is 1.32 bits per heavy atom. The summed E-state index contributed by atoms with van der Waals surface area (Å²) in [7, 11) is 0. The Labute approximate surface area is 113 Å². The van der Waals surface area contributed by atoms with Gasteiger partial charge in [-0.1, -0.05) is 25.1 Å². The van der Waals surface area contributed by atoms with Gasteiger partial charge in [-0.25, -0.2) is 0 Å². The lowest BCUT2D eigenvalue weighted by atomic mass is 9.92. The van der Waals surface area contributed by atoms with Crippen molar-refractivity contribution in [2.75, 3.05) is 0 Å². The molecule has 0 aliphatic carbocycles. The molecule has 19 heavy (non-hydrogen) atoms. The van der Waals surface area contributed by atoms with Crippen molar-refractivity contribution >= 4 is 10.9 Å². The molecule has 1 aromatic heterocycles. The molecule has 2 aromatic rings. The van der Waals surface area contributed by atoms with E-state index < -0.39 is 11.7 Å². The fraction of sp³-hybridized carbons (Fsp3) is 0.533. The van der Waals surface area contributed by atoms with Crippen LogP contribution in [-0.4, -0.2) is 31.7 Å². The number of aliphatic hydroxyl groups is 2. The van der Waals surface area contributed by atoms with Gasteiger partial charge < -0.3 is 10.2 Å². The van der Waals surface area contributed by atoms with Crippen LogP contribution in [0.2, 0.25) is 0 Å². The van der Waals surface area contributed by atoms with Gasteiger partial charge in [0, 0.05) is 18.4 Å². The molecule has 0 amide bonds. The molecule has 1 heterocycles. The number of aromatic nitrogens is 2. The van der Waals surface area contributed by atoms with Gasteiger partial charge in [0.25, 0.3) is 0 Å². The van der Waals surface area contributed by atoms with E-state index in [1.807, 2.05) is 42.8 Å². The van der Waals surface area contributed by atoms with Crippen molar-refractivity contribution in [1.29, 1.82) is 0 Å². The van der Waals surface area contributed by atoms with E-state index in [0.29, 0.717) is 12.8 Å². The van der Waals surface area contributed by atoms with Crippen LogP contribution in [0.15, 0.2) is 24.3 Å². The van der Waals surface area contributed by atoms with Crippen molar-refractivity contribution in [3.63, 3.8) is 0 Å². The molecular weight excluding hydrogens is 240 g/mol. The van der Waals surface area contributed by atoms with Gasteiger partial charge in [0.2, 0.25) is 0 Å². The highest BCUT2D eigenvalue weighted by Crippen LogP contribution is 2.23. The maximum Gasteiger partial charge on any atom is 0.0880 e. The first-order valence-corrected chi connectivity index (χ1v) is 6.84. The molecule has 0 radical (unpaired) electrons. The Morgan fingerprint density at radius 2 is 2.00 bits per heavy atom. The third-order valence-corrected chi connectivity index (χ3v) is 3.85. The summed E-state index contributed by atoms with van der Waals surface area (Å²) in [5, 5.41) is 25.9. The first-order chi connectivity index (χ1) is 8.99. The molecule has 2 rings (SSSR count). The van der Waals surface area contributed by atoms with E-state index in [4.69, 9.17) is 0 Å². The van der Waals surface area contributed by atoms with Gasteiger partial charge >= 0.3 is 0 Å². The first-order valence-electron chi connectivity index (χ1n) is 6.84. The molecule has 104 valence electrons. The minimum atomic E-state index is -1.07. The summed E-state index contributed by atoms with van der Waals surface area (Å²) in [6.07, 6.45) is 0.0793. The molecule has 2 N–H and O–H groups in total. The number of rotatable bonds is 5. The van der Waals surface area contributed by atoms with Gasteiger partial charge in [-0.2, -0.15) is 5.10 Å². The molecule has 0 saturated carbocycles. The number of nitrogens with zero attached hydrogens (tertiary/aromatic N) is 2. The van der Waals surface area contributed by atoms with E-state index in [1.165, 1.54) is 0 Å². The third kappa shape index (κ3) is 2.65. The second-order valence-electron chi connectivity index (χ2n) is 5.21.